The quantitative estimate of drug-likeness (QED) is 0.853. The van der Waals surface area contributed by atoms with Crippen molar-refractivity contribution in [3.63, 3.8) is 0 Å². The van der Waals surface area contributed by atoms with Crippen molar-refractivity contribution in [1.82, 2.24) is 9.97 Å². The minimum atomic E-state index is 0.898. The van der Waals surface area contributed by atoms with Crippen LogP contribution in [0.3, 0.4) is 0 Å². The van der Waals surface area contributed by atoms with Crippen LogP contribution in [0.4, 0.5) is 11.6 Å². The Labute approximate surface area is 116 Å². The molecule has 0 aliphatic heterocycles. The van der Waals surface area contributed by atoms with E-state index in [0.717, 1.165) is 35.6 Å². The second-order valence-corrected chi connectivity index (χ2v) is 5.79. The maximum Gasteiger partial charge on any atom is 0.134 e. The molecule has 1 saturated carbocycles. The summed E-state index contributed by atoms with van der Waals surface area (Å²) in [6.45, 7) is 5.44. The van der Waals surface area contributed by atoms with Crippen LogP contribution in [0.25, 0.3) is 0 Å². The molecule has 0 unspecified atom stereocenters. The van der Waals surface area contributed by atoms with Crippen molar-refractivity contribution in [2.75, 3.05) is 24.2 Å². The highest BCUT2D eigenvalue weighted by atomic mass is 15.1. The number of hydrogen-bond donors (Lipinski definition) is 2. The minimum Gasteiger partial charge on any atom is -0.373 e. The summed E-state index contributed by atoms with van der Waals surface area (Å²) in [6.07, 6.45) is 8.47. The number of nitrogens with zero attached hydrogens (tertiary/aromatic N) is 2. The first-order valence-electron chi connectivity index (χ1n) is 7.44. The van der Waals surface area contributed by atoms with Crippen LogP contribution in [0.15, 0.2) is 6.33 Å². The molecule has 1 aliphatic rings. The van der Waals surface area contributed by atoms with E-state index in [1.54, 1.807) is 6.33 Å². The van der Waals surface area contributed by atoms with Crippen molar-refractivity contribution in [2.45, 2.75) is 46.0 Å². The molecule has 0 radical (unpaired) electrons. The summed E-state index contributed by atoms with van der Waals surface area (Å²) < 4.78 is 0. The summed E-state index contributed by atoms with van der Waals surface area (Å²) >= 11 is 0. The van der Waals surface area contributed by atoms with E-state index in [2.05, 4.69) is 34.4 Å². The molecule has 19 heavy (non-hydrogen) atoms. The van der Waals surface area contributed by atoms with Crippen LogP contribution in [-0.4, -0.2) is 23.6 Å². The van der Waals surface area contributed by atoms with Gasteiger partial charge in [0.2, 0.25) is 0 Å². The van der Waals surface area contributed by atoms with Gasteiger partial charge in [0.05, 0.1) is 0 Å². The smallest absolute Gasteiger partial charge is 0.134 e. The topological polar surface area (TPSA) is 49.8 Å². The lowest BCUT2D eigenvalue weighted by Crippen LogP contribution is -2.16. The van der Waals surface area contributed by atoms with E-state index >= 15 is 0 Å². The molecular weight excluding hydrogens is 236 g/mol. The number of nitrogens with one attached hydrogen (secondary N) is 2. The number of rotatable bonds is 5. The van der Waals surface area contributed by atoms with Gasteiger partial charge in [0.25, 0.3) is 0 Å². The van der Waals surface area contributed by atoms with Crippen LogP contribution in [0.2, 0.25) is 0 Å². The summed E-state index contributed by atoms with van der Waals surface area (Å²) in [6, 6.07) is 0. The van der Waals surface area contributed by atoms with Gasteiger partial charge >= 0.3 is 0 Å². The molecule has 2 N–H and O–H groups in total. The van der Waals surface area contributed by atoms with Crippen molar-refractivity contribution < 1.29 is 0 Å². The zero-order valence-electron chi connectivity index (χ0n) is 12.4. The molecule has 106 valence electrons. The third kappa shape index (κ3) is 3.82. The summed E-state index contributed by atoms with van der Waals surface area (Å²) in [5.74, 6) is 3.70. The van der Waals surface area contributed by atoms with Crippen LogP contribution in [0.5, 0.6) is 0 Å². The molecular formula is C15H26N4. The average Bonchev–Trinajstić information content (AvgIpc) is 2.43. The predicted octanol–water partition coefficient (Wildman–Crippen LogP) is 3.46. The molecule has 0 spiro atoms. The Morgan fingerprint density at radius 1 is 1.16 bits per heavy atom. The van der Waals surface area contributed by atoms with E-state index in [-0.39, 0.29) is 0 Å². The highest BCUT2D eigenvalue weighted by Gasteiger charge is 2.17. The van der Waals surface area contributed by atoms with Crippen molar-refractivity contribution >= 4 is 11.6 Å². The fourth-order valence-electron chi connectivity index (χ4n) is 2.89. The lowest BCUT2D eigenvalue weighted by molar-refractivity contribution is 0.282. The van der Waals surface area contributed by atoms with Crippen LogP contribution in [0.1, 0.15) is 44.6 Å². The first kappa shape index (κ1) is 14.1. The van der Waals surface area contributed by atoms with E-state index in [1.165, 1.54) is 32.1 Å². The molecule has 0 aromatic carbocycles. The summed E-state index contributed by atoms with van der Waals surface area (Å²) in [7, 11) is 1.89. The molecule has 4 heteroatoms. The maximum absolute atomic E-state index is 4.32. The van der Waals surface area contributed by atoms with Crippen LogP contribution >= 0.6 is 0 Å². The maximum atomic E-state index is 4.32. The molecule has 4 nitrogen and oxygen atoms in total. The van der Waals surface area contributed by atoms with Gasteiger partial charge in [0, 0.05) is 19.2 Å². The van der Waals surface area contributed by atoms with Crippen molar-refractivity contribution in [3.8, 4) is 0 Å². The Balaban J connectivity index is 1.79. The number of anilines is 2. The Morgan fingerprint density at radius 2 is 1.84 bits per heavy atom. The summed E-state index contributed by atoms with van der Waals surface area (Å²) in [5, 5.41) is 6.54. The third-order valence-corrected chi connectivity index (χ3v) is 4.30. The first-order valence-corrected chi connectivity index (χ1v) is 7.44. The Kier molecular flexibility index (Phi) is 5.00. The van der Waals surface area contributed by atoms with Gasteiger partial charge in [-0.2, -0.15) is 0 Å². The second-order valence-electron chi connectivity index (χ2n) is 5.79. The minimum absolute atomic E-state index is 0.898. The zero-order valence-corrected chi connectivity index (χ0v) is 12.4. The Morgan fingerprint density at radius 3 is 2.53 bits per heavy atom. The standard InChI is InChI=1S/C15H26N4/c1-11-4-6-13(7-5-11)8-9-17-15-12(2)14(16-3)18-10-19-15/h10-11,13H,4-9H2,1-3H3,(H2,16,17,18,19). The molecule has 2 rings (SSSR count). The zero-order chi connectivity index (χ0) is 13.7. The highest BCUT2D eigenvalue weighted by Crippen LogP contribution is 2.30. The normalized spacial score (nSPS) is 23.1. The van der Waals surface area contributed by atoms with Crippen molar-refractivity contribution in [1.29, 1.82) is 0 Å². The van der Waals surface area contributed by atoms with Gasteiger partial charge in [0.15, 0.2) is 0 Å². The van der Waals surface area contributed by atoms with Gasteiger partial charge in [-0.15, -0.1) is 0 Å². The molecule has 1 heterocycles. The fraction of sp³-hybridized carbons (Fsp3) is 0.733. The Hall–Kier alpha value is -1.32. The van der Waals surface area contributed by atoms with Gasteiger partial charge in [-0.25, -0.2) is 9.97 Å². The second kappa shape index (κ2) is 6.73. The average molecular weight is 262 g/mol. The molecule has 1 aromatic rings. The molecule has 0 saturated heterocycles. The molecule has 0 atom stereocenters. The van der Waals surface area contributed by atoms with E-state index in [9.17, 15) is 0 Å². The third-order valence-electron chi connectivity index (χ3n) is 4.30. The number of hydrogen-bond acceptors (Lipinski definition) is 4. The van der Waals surface area contributed by atoms with Gasteiger partial charge in [0.1, 0.15) is 18.0 Å². The fourth-order valence-corrected chi connectivity index (χ4v) is 2.89. The van der Waals surface area contributed by atoms with Crippen LogP contribution < -0.4 is 10.6 Å². The van der Waals surface area contributed by atoms with Gasteiger partial charge in [-0.05, 0) is 25.2 Å². The highest BCUT2D eigenvalue weighted by molar-refractivity contribution is 5.55. The molecule has 1 aliphatic carbocycles. The lowest BCUT2D eigenvalue weighted by atomic mass is 9.81. The molecule has 1 fully saturated rings. The molecule has 0 bridgehead atoms. The molecule has 1 aromatic heterocycles. The SMILES string of the molecule is CNc1ncnc(NCCC2CCC(C)CC2)c1C. The summed E-state index contributed by atoms with van der Waals surface area (Å²) in [4.78, 5) is 8.52. The van der Waals surface area contributed by atoms with Crippen molar-refractivity contribution in [3.05, 3.63) is 11.9 Å². The Bertz CT molecular complexity index is 397. The first-order chi connectivity index (χ1) is 9.20. The molecule has 0 amide bonds. The van der Waals surface area contributed by atoms with Gasteiger partial charge in [-0.3, -0.25) is 0 Å². The van der Waals surface area contributed by atoms with E-state index in [1.807, 2.05) is 7.05 Å². The van der Waals surface area contributed by atoms with E-state index < -0.39 is 0 Å². The monoisotopic (exact) mass is 262 g/mol. The van der Waals surface area contributed by atoms with Crippen molar-refractivity contribution in [2.24, 2.45) is 11.8 Å². The largest absolute Gasteiger partial charge is 0.373 e. The van der Waals surface area contributed by atoms with Crippen LogP contribution in [0, 0.1) is 18.8 Å². The summed E-state index contributed by atoms with van der Waals surface area (Å²) in [5.41, 5.74) is 1.10. The van der Waals surface area contributed by atoms with Gasteiger partial charge < -0.3 is 10.6 Å². The lowest BCUT2D eigenvalue weighted by Gasteiger charge is -2.26. The van der Waals surface area contributed by atoms with Gasteiger partial charge in [-0.1, -0.05) is 32.6 Å². The van der Waals surface area contributed by atoms with E-state index in [4.69, 9.17) is 0 Å². The predicted molar refractivity (Wildman–Crippen MR) is 80.5 cm³/mol. The van der Waals surface area contributed by atoms with Crippen LogP contribution in [-0.2, 0) is 0 Å². The van der Waals surface area contributed by atoms with E-state index in [0.29, 0.717) is 0 Å². The number of aromatic nitrogens is 2.